The van der Waals surface area contributed by atoms with E-state index in [2.05, 4.69) is 54.5 Å². The number of hydrogen-bond donors (Lipinski definition) is 1. The highest BCUT2D eigenvalue weighted by molar-refractivity contribution is 5.30. The van der Waals surface area contributed by atoms with Gasteiger partial charge in [0.2, 0.25) is 0 Å². The molecule has 1 heterocycles. The molecule has 1 aromatic carbocycles. The van der Waals surface area contributed by atoms with E-state index in [1.54, 1.807) is 0 Å². The summed E-state index contributed by atoms with van der Waals surface area (Å²) in [7, 11) is 2.18. The van der Waals surface area contributed by atoms with Gasteiger partial charge in [0, 0.05) is 37.4 Å². The van der Waals surface area contributed by atoms with Gasteiger partial charge in [0.05, 0.1) is 11.9 Å². The Kier molecular flexibility index (Phi) is 5.96. The van der Waals surface area contributed by atoms with Gasteiger partial charge in [-0.1, -0.05) is 25.1 Å². The lowest BCUT2D eigenvalue weighted by molar-refractivity contribution is 0.252. The van der Waals surface area contributed by atoms with Crippen LogP contribution >= 0.6 is 0 Å². The van der Waals surface area contributed by atoms with Crippen molar-refractivity contribution in [3.05, 3.63) is 48.3 Å². The van der Waals surface area contributed by atoms with E-state index in [4.69, 9.17) is 0 Å². The number of benzene rings is 1. The van der Waals surface area contributed by atoms with Crippen LogP contribution in [0.1, 0.15) is 25.8 Å². The van der Waals surface area contributed by atoms with Crippen LogP contribution in [0.4, 0.5) is 0 Å². The van der Waals surface area contributed by atoms with Gasteiger partial charge in [-0.2, -0.15) is 5.10 Å². The van der Waals surface area contributed by atoms with E-state index in [9.17, 15) is 0 Å². The van der Waals surface area contributed by atoms with Crippen molar-refractivity contribution in [3.8, 4) is 5.69 Å². The quantitative estimate of drug-likeness (QED) is 0.757. The molecule has 4 nitrogen and oxygen atoms in total. The molecule has 21 heavy (non-hydrogen) atoms. The summed E-state index contributed by atoms with van der Waals surface area (Å²) in [6.45, 7) is 7.43. The Bertz CT molecular complexity index is 521. The summed E-state index contributed by atoms with van der Waals surface area (Å²) >= 11 is 0. The summed E-state index contributed by atoms with van der Waals surface area (Å²) in [5, 5.41) is 7.89. The van der Waals surface area contributed by atoms with E-state index in [-0.39, 0.29) is 0 Å². The zero-order chi connectivity index (χ0) is 15.1. The molecule has 1 unspecified atom stereocenters. The van der Waals surface area contributed by atoms with Crippen LogP contribution in [0, 0.1) is 0 Å². The van der Waals surface area contributed by atoms with Crippen molar-refractivity contribution in [2.24, 2.45) is 0 Å². The smallest absolute Gasteiger partial charge is 0.0645 e. The van der Waals surface area contributed by atoms with Gasteiger partial charge in [-0.05, 0) is 32.5 Å². The summed E-state index contributed by atoms with van der Waals surface area (Å²) in [4.78, 5) is 2.39. The first-order valence-electron chi connectivity index (χ1n) is 7.70. The number of hydrogen-bond acceptors (Lipinski definition) is 3. The van der Waals surface area contributed by atoms with Crippen molar-refractivity contribution >= 4 is 0 Å². The number of nitrogens with one attached hydrogen (secondary N) is 1. The fourth-order valence-electron chi connectivity index (χ4n) is 2.19. The van der Waals surface area contributed by atoms with E-state index >= 15 is 0 Å². The number of likely N-dealkylation sites (N-methyl/N-ethyl adjacent to an activating group) is 1. The minimum Gasteiger partial charge on any atom is -0.311 e. The molecule has 0 radical (unpaired) electrons. The Morgan fingerprint density at radius 1 is 1.29 bits per heavy atom. The van der Waals surface area contributed by atoms with Crippen molar-refractivity contribution in [3.63, 3.8) is 0 Å². The molecule has 0 aliphatic rings. The number of aromatic nitrogens is 2. The average molecular weight is 286 g/mol. The lowest BCUT2D eigenvalue weighted by Gasteiger charge is -2.23. The van der Waals surface area contributed by atoms with Gasteiger partial charge in [0.25, 0.3) is 0 Å². The molecule has 0 aliphatic heterocycles. The molecule has 1 N–H and O–H groups in total. The Labute approximate surface area is 127 Å². The first kappa shape index (κ1) is 15.7. The molecule has 1 aromatic heterocycles. The molecule has 0 amide bonds. The fourth-order valence-corrected chi connectivity index (χ4v) is 2.19. The van der Waals surface area contributed by atoms with Gasteiger partial charge in [-0.15, -0.1) is 0 Å². The second-order valence-electron chi connectivity index (χ2n) is 5.54. The standard InChI is InChI=1S/C17H26N4/c1-4-15(2)20(3)11-10-18-12-16-13-19-21(14-16)17-8-6-5-7-9-17/h5-9,13-15,18H,4,10-12H2,1-3H3. The monoisotopic (exact) mass is 286 g/mol. The molecule has 0 saturated heterocycles. The van der Waals surface area contributed by atoms with Crippen LogP contribution in [0.15, 0.2) is 42.7 Å². The Balaban J connectivity index is 1.76. The highest BCUT2D eigenvalue weighted by atomic mass is 15.3. The van der Waals surface area contributed by atoms with Gasteiger partial charge in [-0.3, -0.25) is 0 Å². The average Bonchev–Trinajstić information content (AvgIpc) is 3.00. The van der Waals surface area contributed by atoms with Gasteiger partial charge >= 0.3 is 0 Å². The van der Waals surface area contributed by atoms with Crippen LogP contribution in [0.5, 0.6) is 0 Å². The number of nitrogens with zero attached hydrogens (tertiary/aromatic N) is 3. The van der Waals surface area contributed by atoms with E-state index in [0.29, 0.717) is 6.04 Å². The molecule has 0 aliphatic carbocycles. The highest BCUT2D eigenvalue weighted by Gasteiger charge is 2.05. The molecule has 114 valence electrons. The van der Waals surface area contributed by atoms with Crippen LogP contribution in [0.2, 0.25) is 0 Å². The van der Waals surface area contributed by atoms with Crippen LogP contribution in [-0.2, 0) is 6.54 Å². The molecule has 0 spiro atoms. The molecular formula is C17H26N4. The van der Waals surface area contributed by atoms with Gasteiger partial charge in [-0.25, -0.2) is 4.68 Å². The maximum Gasteiger partial charge on any atom is 0.0645 e. The zero-order valence-electron chi connectivity index (χ0n) is 13.3. The van der Waals surface area contributed by atoms with Crippen LogP contribution in [0.3, 0.4) is 0 Å². The van der Waals surface area contributed by atoms with Crippen molar-refractivity contribution in [2.45, 2.75) is 32.9 Å². The molecule has 2 rings (SSSR count). The summed E-state index contributed by atoms with van der Waals surface area (Å²) < 4.78 is 1.92. The predicted molar refractivity (Wildman–Crippen MR) is 87.7 cm³/mol. The third-order valence-electron chi connectivity index (χ3n) is 3.97. The van der Waals surface area contributed by atoms with Crippen LogP contribution in [-0.4, -0.2) is 40.9 Å². The summed E-state index contributed by atoms with van der Waals surface area (Å²) in [6, 6.07) is 10.8. The van der Waals surface area contributed by atoms with Crippen LogP contribution in [0.25, 0.3) is 5.69 Å². The largest absolute Gasteiger partial charge is 0.311 e. The highest BCUT2D eigenvalue weighted by Crippen LogP contribution is 2.07. The van der Waals surface area contributed by atoms with E-state index < -0.39 is 0 Å². The second kappa shape index (κ2) is 7.96. The maximum absolute atomic E-state index is 4.41. The van der Waals surface area contributed by atoms with Crippen molar-refractivity contribution in [2.75, 3.05) is 20.1 Å². The van der Waals surface area contributed by atoms with E-state index in [1.165, 1.54) is 12.0 Å². The molecule has 0 bridgehead atoms. The molecule has 0 saturated carbocycles. The van der Waals surface area contributed by atoms with Gasteiger partial charge < -0.3 is 10.2 Å². The van der Waals surface area contributed by atoms with Crippen LogP contribution < -0.4 is 5.32 Å². The zero-order valence-corrected chi connectivity index (χ0v) is 13.3. The summed E-state index contributed by atoms with van der Waals surface area (Å²) in [6.07, 6.45) is 5.21. The van der Waals surface area contributed by atoms with Gasteiger partial charge in [0.15, 0.2) is 0 Å². The Morgan fingerprint density at radius 2 is 2.05 bits per heavy atom. The van der Waals surface area contributed by atoms with E-state index in [1.807, 2.05) is 29.1 Å². The van der Waals surface area contributed by atoms with Gasteiger partial charge in [0.1, 0.15) is 0 Å². The molecule has 2 aromatic rings. The topological polar surface area (TPSA) is 33.1 Å². The molecule has 1 atom stereocenters. The first-order valence-corrected chi connectivity index (χ1v) is 7.70. The number of para-hydroxylation sites is 1. The lowest BCUT2D eigenvalue weighted by Crippen LogP contribution is -2.34. The minimum atomic E-state index is 0.646. The fraction of sp³-hybridized carbons (Fsp3) is 0.471. The van der Waals surface area contributed by atoms with Crippen molar-refractivity contribution in [1.82, 2.24) is 20.0 Å². The third-order valence-corrected chi connectivity index (χ3v) is 3.97. The summed E-state index contributed by atoms with van der Waals surface area (Å²) in [5.41, 5.74) is 2.31. The number of rotatable bonds is 8. The van der Waals surface area contributed by atoms with E-state index in [0.717, 1.165) is 25.3 Å². The lowest BCUT2D eigenvalue weighted by atomic mass is 10.2. The Morgan fingerprint density at radius 3 is 2.76 bits per heavy atom. The third kappa shape index (κ3) is 4.69. The Hall–Kier alpha value is -1.65. The SMILES string of the molecule is CCC(C)N(C)CCNCc1cnn(-c2ccccc2)c1. The first-order chi connectivity index (χ1) is 10.2. The normalized spacial score (nSPS) is 12.8. The van der Waals surface area contributed by atoms with Crippen molar-refractivity contribution < 1.29 is 0 Å². The maximum atomic E-state index is 4.41. The molecule has 0 fully saturated rings. The minimum absolute atomic E-state index is 0.646. The second-order valence-corrected chi connectivity index (χ2v) is 5.54. The molecule has 4 heteroatoms. The molecular weight excluding hydrogens is 260 g/mol. The summed E-state index contributed by atoms with van der Waals surface area (Å²) in [5.74, 6) is 0. The van der Waals surface area contributed by atoms with Crippen molar-refractivity contribution in [1.29, 1.82) is 0 Å². The predicted octanol–water partition coefficient (Wildman–Crippen LogP) is 2.69.